The van der Waals surface area contributed by atoms with Gasteiger partial charge in [0.2, 0.25) is 6.10 Å². The van der Waals surface area contributed by atoms with Crippen LogP contribution in [0.3, 0.4) is 0 Å². The maximum atomic E-state index is 12.2. The summed E-state index contributed by atoms with van der Waals surface area (Å²) in [4.78, 5) is 24.2. The molecule has 2 atom stereocenters. The fourth-order valence-corrected chi connectivity index (χ4v) is 2.70. The van der Waals surface area contributed by atoms with Gasteiger partial charge in [0, 0.05) is 6.07 Å². The molecule has 0 aliphatic carbocycles. The number of hydrogen-bond donors (Lipinski definition) is 2. The van der Waals surface area contributed by atoms with Crippen molar-refractivity contribution in [2.75, 3.05) is 7.11 Å². The molecule has 0 spiro atoms. The molecular weight excluding hydrogens is 304 g/mol. The molecule has 120 valence electrons. The molecular formula is C16H14O7. The lowest BCUT2D eigenvalue weighted by atomic mass is 9.88. The van der Waals surface area contributed by atoms with Gasteiger partial charge >= 0.3 is 11.6 Å². The van der Waals surface area contributed by atoms with Gasteiger partial charge in [-0.2, -0.15) is 0 Å². The quantitative estimate of drug-likeness (QED) is 0.637. The molecule has 2 N–H and O–H groups in total. The van der Waals surface area contributed by atoms with Crippen molar-refractivity contribution in [1.29, 1.82) is 0 Å². The SMILES string of the molecule is COC(=O)[C@H]1Oc2cc(C)oc(=O)c2[C@H]1c1ccc(O)c(O)c1. The second-order valence-corrected chi connectivity index (χ2v) is 5.21. The number of methoxy groups -OCH3 is 1. The number of fused-ring (bicyclic) bond motifs is 1. The lowest BCUT2D eigenvalue weighted by Gasteiger charge is -2.17. The third-order valence-corrected chi connectivity index (χ3v) is 3.73. The van der Waals surface area contributed by atoms with Crippen molar-refractivity contribution < 1.29 is 28.9 Å². The van der Waals surface area contributed by atoms with Crippen LogP contribution >= 0.6 is 0 Å². The molecule has 23 heavy (non-hydrogen) atoms. The van der Waals surface area contributed by atoms with Gasteiger partial charge in [0.15, 0.2) is 11.5 Å². The van der Waals surface area contributed by atoms with Gasteiger partial charge in [0.25, 0.3) is 0 Å². The van der Waals surface area contributed by atoms with E-state index in [1.54, 1.807) is 6.92 Å². The van der Waals surface area contributed by atoms with Crippen LogP contribution < -0.4 is 10.4 Å². The molecule has 0 fully saturated rings. The van der Waals surface area contributed by atoms with Gasteiger partial charge < -0.3 is 24.1 Å². The van der Waals surface area contributed by atoms with Crippen LogP contribution in [0, 0.1) is 6.92 Å². The number of aromatic hydroxyl groups is 2. The zero-order valence-corrected chi connectivity index (χ0v) is 12.4. The highest BCUT2D eigenvalue weighted by molar-refractivity contribution is 5.79. The predicted octanol–water partition coefficient (Wildman–Crippen LogP) is 1.43. The summed E-state index contributed by atoms with van der Waals surface area (Å²) in [7, 11) is 1.22. The maximum Gasteiger partial charge on any atom is 0.348 e. The number of phenolic OH excluding ortho intramolecular Hbond substituents is 2. The lowest BCUT2D eigenvalue weighted by Crippen LogP contribution is -2.31. The summed E-state index contributed by atoms with van der Waals surface area (Å²) >= 11 is 0. The van der Waals surface area contributed by atoms with Gasteiger partial charge in [0.05, 0.1) is 18.6 Å². The second-order valence-electron chi connectivity index (χ2n) is 5.21. The number of ether oxygens (including phenoxy) is 2. The van der Waals surface area contributed by atoms with Crippen molar-refractivity contribution in [3.63, 3.8) is 0 Å². The summed E-state index contributed by atoms with van der Waals surface area (Å²) in [5, 5.41) is 19.1. The minimum absolute atomic E-state index is 0.177. The zero-order chi connectivity index (χ0) is 16.7. The van der Waals surface area contributed by atoms with Crippen molar-refractivity contribution in [3.05, 3.63) is 51.6 Å². The molecule has 2 aromatic rings. The molecule has 0 radical (unpaired) electrons. The smallest absolute Gasteiger partial charge is 0.348 e. The van der Waals surface area contributed by atoms with E-state index in [-0.39, 0.29) is 22.8 Å². The van der Waals surface area contributed by atoms with Crippen LogP contribution in [-0.4, -0.2) is 29.4 Å². The average Bonchev–Trinajstić information content (AvgIpc) is 2.88. The molecule has 7 nitrogen and oxygen atoms in total. The number of benzene rings is 1. The van der Waals surface area contributed by atoms with Crippen LogP contribution in [0.15, 0.2) is 33.5 Å². The van der Waals surface area contributed by atoms with Gasteiger partial charge in [-0.15, -0.1) is 0 Å². The Labute approximate surface area is 130 Å². The van der Waals surface area contributed by atoms with Gasteiger partial charge in [-0.1, -0.05) is 6.07 Å². The van der Waals surface area contributed by atoms with Crippen molar-refractivity contribution in [2.45, 2.75) is 18.9 Å². The fourth-order valence-electron chi connectivity index (χ4n) is 2.70. The van der Waals surface area contributed by atoms with E-state index in [4.69, 9.17) is 13.9 Å². The highest BCUT2D eigenvalue weighted by Gasteiger charge is 2.44. The van der Waals surface area contributed by atoms with E-state index in [0.29, 0.717) is 11.3 Å². The van der Waals surface area contributed by atoms with E-state index in [0.717, 1.165) is 0 Å². The molecule has 0 saturated carbocycles. The van der Waals surface area contributed by atoms with Crippen LogP contribution in [-0.2, 0) is 9.53 Å². The van der Waals surface area contributed by atoms with Crippen LogP contribution in [0.4, 0.5) is 0 Å². The van der Waals surface area contributed by atoms with E-state index in [1.807, 2.05) is 0 Å². The first-order valence-electron chi connectivity index (χ1n) is 6.83. The van der Waals surface area contributed by atoms with Gasteiger partial charge in [0.1, 0.15) is 11.5 Å². The monoisotopic (exact) mass is 318 g/mol. The van der Waals surface area contributed by atoms with E-state index in [9.17, 15) is 19.8 Å². The summed E-state index contributed by atoms with van der Waals surface area (Å²) in [6.07, 6.45) is -1.08. The largest absolute Gasteiger partial charge is 0.504 e. The molecule has 0 bridgehead atoms. The number of hydrogen-bond acceptors (Lipinski definition) is 7. The highest BCUT2D eigenvalue weighted by Crippen LogP contribution is 2.42. The van der Waals surface area contributed by atoms with E-state index < -0.39 is 23.6 Å². The summed E-state index contributed by atoms with van der Waals surface area (Å²) in [6.45, 7) is 1.60. The Morgan fingerprint density at radius 1 is 1.22 bits per heavy atom. The minimum Gasteiger partial charge on any atom is -0.504 e. The number of aryl methyl sites for hydroxylation is 1. The molecule has 2 heterocycles. The molecule has 0 saturated heterocycles. The predicted molar refractivity (Wildman–Crippen MR) is 77.8 cm³/mol. The third kappa shape index (κ3) is 2.40. The first-order valence-corrected chi connectivity index (χ1v) is 6.83. The Hall–Kier alpha value is -2.96. The molecule has 1 aromatic heterocycles. The van der Waals surface area contributed by atoms with Gasteiger partial charge in [-0.3, -0.25) is 0 Å². The number of carbonyl (C=O) groups is 1. The minimum atomic E-state index is -1.08. The molecule has 0 unspecified atom stereocenters. The second kappa shape index (κ2) is 5.35. The fraction of sp³-hybridized carbons (Fsp3) is 0.250. The van der Waals surface area contributed by atoms with E-state index >= 15 is 0 Å². The number of carbonyl (C=O) groups excluding carboxylic acids is 1. The zero-order valence-electron chi connectivity index (χ0n) is 12.4. The average molecular weight is 318 g/mol. The van der Waals surface area contributed by atoms with E-state index in [2.05, 4.69) is 0 Å². The number of esters is 1. The summed E-state index contributed by atoms with van der Waals surface area (Å²) < 4.78 is 15.4. The van der Waals surface area contributed by atoms with Crippen molar-refractivity contribution in [2.24, 2.45) is 0 Å². The van der Waals surface area contributed by atoms with Crippen LogP contribution in [0.2, 0.25) is 0 Å². The molecule has 0 amide bonds. The summed E-state index contributed by atoms with van der Waals surface area (Å²) in [5.41, 5.74) is -0.0225. The third-order valence-electron chi connectivity index (χ3n) is 3.73. The van der Waals surface area contributed by atoms with Gasteiger partial charge in [-0.05, 0) is 24.6 Å². The standard InChI is InChI=1S/C16H14O7/c1-7-5-11-13(15(19)22-7)12(14(23-11)16(20)21-2)8-3-4-9(17)10(18)6-8/h3-6,12,14,17-18H,1-2H3/t12-,14+/m1/s1. The summed E-state index contributed by atoms with van der Waals surface area (Å²) in [6, 6.07) is 5.56. The first kappa shape index (κ1) is 15.0. The van der Waals surface area contributed by atoms with Crippen LogP contribution in [0.25, 0.3) is 0 Å². The summed E-state index contributed by atoms with van der Waals surface area (Å²) in [5.74, 6) is -1.54. The van der Waals surface area contributed by atoms with Crippen molar-refractivity contribution in [3.8, 4) is 17.2 Å². The van der Waals surface area contributed by atoms with Gasteiger partial charge in [-0.25, -0.2) is 9.59 Å². The van der Waals surface area contributed by atoms with E-state index in [1.165, 1.54) is 31.4 Å². The first-order chi connectivity index (χ1) is 10.9. The number of rotatable bonds is 2. The molecule has 1 aliphatic heterocycles. The molecule has 1 aliphatic rings. The molecule has 3 rings (SSSR count). The van der Waals surface area contributed by atoms with Crippen LogP contribution in [0.1, 0.15) is 22.8 Å². The van der Waals surface area contributed by atoms with Crippen molar-refractivity contribution in [1.82, 2.24) is 0 Å². The topological polar surface area (TPSA) is 106 Å². The highest BCUT2D eigenvalue weighted by atomic mass is 16.6. The normalized spacial score (nSPS) is 19.0. The Balaban J connectivity index is 2.20. The lowest BCUT2D eigenvalue weighted by molar-refractivity contribution is -0.148. The van der Waals surface area contributed by atoms with Crippen molar-refractivity contribution >= 4 is 5.97 Å². The maximum absolute atomic E-state index is 12.2. The number of phenols is 2. The molecule has 7 heteroatoms. The Morgan fingerprint density at radius 3 is 2.61 bits per heavy atom. The Bertz CT molecular complexity index is 837. The molecule has 1 aromatic carbocycles. The Kier molecular flexibility index (Phi) is 3.48. The van der Waals surface area contributed by atoms with Crippen LogP contribution in [0.5, 0.6) is 17.2 Å². The Morgan fingerprint density at radius 2 is 1.96 bits per heavy atom.